The first-order chi connectivity index (χ1) is 11.0. The van der Waals surface area contributed by atoms with Crippen LogP contribution >= 0.6 is 23.2 Å². The molecule has 1 N–H and O–H groups in total. The minimum Gasteiger partial charge on any atom is -0.368 e. The van der Waals surface area contributed by atoms with E-state index in [-0.39, 0.29) is 6.04 Å². The third-order valence-corrected chi connectivity index (χ3v) is 4.44. The Morgan fingerprint density at radius 2 is 1.78 bits per heavy atom. The number of hydrogen-bond acceptors (Lipinski definition) is 2. The van der Waals surface area contributed by atoms with Gasteiger partial charge in [-0.3, -0.25) is 9.89 Å². The van der Waals surface area contributed by atoms with Gasteiger partial charge in [0.25, 0.3) is 0 Å². The lowest BCUT2D eigenvalue weighted by molar-refractivity contribution is 0.363. The van der Waals surface area contributed by atoms with E-state index in [2.05, 4.69) is 27.3 Å². The normalized spacial score (nSPS) is 13.2. The van der Waals surface area contributed by atoms with Crippen LogP contribution < -0.4 is 5.32 Å². The highest BCUT2D eigenvalue weighted by atomic mass is 35.5. The molecule has 1 unspecified atom stereocenters. The van der Waals surface area contributed by atoms with Crippen molar-refractivity contribution in [2.75, 3.05) is 21.1 Å². The highest BCUT2D eigenvalue weighted by Crippen LogP contribution is 2.32. The van der Waals surface area contributed by atoms with Crippen molar-refractivity contribution in [3.05, 3.63) is 69.7 Å². The van der Waals surface area contributed by atoms with E-state index in [9.17, 15) is 0 Å². The Hall–Kier alpha value is -1.55. The Labute approximate surface area is 147 Å². The maximum atomic E-state index is 6.41. The molecular formula is C18H21Cl2N3. The lowest BCUT2D eigenvalue weighted by atomic mass is 10.0. The molecule has 0 heterocycles. The second-order valence-corrected chi connectivity index (χ2v) is 6.24. The standard InChI is InChI=1S/C18H21Cl2N3/c1-21-18(22-12-13-8-5-4-6-9-13)17(23(2)3)14-10-7-11-15(19)16(14)20/h4-11,17H,12H2,1-3H3,(H,21,22). The molecule has 0 aromatic heterocycles. The van der Waals surface area contributed by atoms with Gasteiger partial charge >= 0.3 is 0 Å². The number of likely N-dealkylation sites (N-methyl/N-ethyl adjacent to an activating group) is 1. The molecule has 122 valence electrons. The number of nitrogens with one attached hydrogen (secondary N) is 1. The summed E-state index contributed by atoms with van der Waals surface area (Å²) in [7, 11) is 5.77. The first-order valence-corrected chi connectivity index (χ1v) is 8.15. The number of amidine groups is 1. The molecule has 0 fully saturated rings. The summed E-state index contributed by atoms with van der Waals surface area (Å²) in [5.41, 5.74) is 2.13. The quantitative estimate of drug-likeness (QED) is 0.639. The average Bonchev–Trinajstić information content (AvgIpc) is 2.55. The van der Waals surface area contributed by atoms with Crippen molar-refractivity contribution >= 4 is 29.0 Å². The largest absolute Gasteiger partial charge is 0.368 e. The third-order valence-electron chi connectivity index (χ3n) is 3.61. The van der Waals surface area contributed by atoms with E-state index >= 15 is 0 Å². The molecule has 0 aliphatic heterocycles. The fraction of sp³-hybridized carbons (Fsp3) is 0.278. The summed E-state index contributed by atoms with van der Waals surface area (Å²) in [5, 5.41) is 4.53. The Bertz CT molecular complexity index is 669. The summed E-state index contributed by atoms with van der Waals surface area (Å²) in [5.74, 6) is 0.850. The Morgan fingerprint density at radius 1 is 1.09 bits per heavy atom. The van der Waals surface area contributed by atoms with Crippen LogP contribution in [-0.4, -0.2) is 31.9 Å². The first kappa shape index (κ1) is 17.8. The van der Waals surface area contributed by atoms with Gasteiger partial charge in [0.15, 0.2) is 0 Å². The number of benzene rings is 2. The van der Waals surface area contributed by atoms with Crippen LogP contribution in [-0.2, 0) is 6.54 Å². The Balaban J connectivity index is 2.26. The lowest BCUT2D eigenvalue weighted by Gasteiger charge is -2.28. The fourth-order valence-corrected chi connectivity index (χ4v) is 2.90. The molecule has 0 bridgehead atoms. The van der Waals surface area contributed by atoms with Crippen LogP contribution in [0.5, 0.6) is 0 Å². The van der Waals surface area contributed by atoms with E-state index in [1.807, 2.05) is 44.4 Å². The predicted octanol–water partition coefficient (Wildman–Crippen LogP) is 4.41. The molecule has 5 heteroatoms. The molecule has 0 aliphatic rings. The summed E-state index contributed by atoms with van der Waals surface area (Å²) < 4.78 is 0. The molecule has 1 atom stereocenters. The van der Waals surface area contributed by atoms with Gasteiger partial charge in [0.2, 0.25) is 0 Å². The summed E-state index contributed by atoms with van der Waals surface area (Å²) in [6.45, 7) is 0.704. The lowest BCUT2D eigenvalue weighted by Crippen LogP contribution is -2.37. The SMILES string of the molecule is CN=C(NCc1ccccc1)C(c1cccc(Cl)c1Cl)N(C)C. The van der Waals surface area contributed by atoms with Gasteiger partial charge in [-0.25, -0.2) is 0 Å². The van der Waals surface area contributed by atoms with Gasteiger partial charge in [-0.05, 0) is 31.3 Å². The number of halogens is 2. The van der Waals surface area contributed by atoms with Crippen LogP contribution in [0.4, 0.5) is 0 Å². The number of rotatable bonds is 5. The summed E-state index contributed by atoms with van der Waals surface area (Å²) in [4.78, 5) is 6.50. The summed E-state index contributed by atoms with van der Waals surface area (Å²) >= 11 is 12.6. The molecule has 2 aromatic carbocycles. The van der Waals surface area contributed by atoms with Gasteiger partial charge in [0.1, 0.15) is 5.84 Å². The van der Waals surface area contributed by atoms with E-state index in [1.54, 1.807) is 13.1 Å². The van der Waals surface area contributed by atoms with E-state index in [4.69, 9.17) is 23.2 Å². The van der Waals surface area contributed by atoms with E-state index in [0.717, 1.165) is 11.4 Å². The van der Waals surface area contributed by atoms with Crippen molar-refractivity contribution in [1.82, 2.24) is 10.2 Å². The van der Waals surface area contributed by atoms with Gasteiger partial charge in [0, 0.05) is 13.6 Å². The molecule has 0 amide bonds. The van der Waals surface area contributed by atoms with Crippen LogP contribution in [0.1, 0.15) is 17.2 Å². The van der Waals surface area contributed by atoms with Gasteiger partial charge in [-0.15, -0.1) is 0 Å². The molecular weight excluding hydrogens is 329 g/mol. The zero-order chi connectivity index (χ0) is 16.8. The smallest absolute Gasteiger partial charge is 0.118 e. The molecule has 23 heavy (non-hydrogen) atoms. The number of nitrogens with zero attached hydrogens (tertiary/aromatic N) is 2. The maximum Gasteiger partial charge on any atom is 0.118 e. The van der Waals surface area contributed by atoms with Gasteiger partial charge in [0.05, 0.1) is 16.1 Å². The monoisotopic (exact) mass is 349 g/mol. The van der Waals surface area contributed by atoms with Gasteiger partial charge in [-0.1, -0.05) is 65.7 Å². The predicted molar refractivity (Wildman–Crippen MR) is 99.5 cm³/mol. The van der Waals surface area contributed by atoms with E-state index in [0.29, 0.717) is 16.6 Å². The summed E-state index contributed by atoms with van der Waals surface area (Å²) in [6, 6.07) is 15.8. The minimum absolute atomic E-state index is 0.0880. The van der Waals surface area contributed by atoms with Crippen molar-refractivity contribution in [2.45, 2.75) is 12.6 Å². The summed E-state index contributed by atoms with van der Waals surface area (Å²) in [6.07, 6.45) is 0. The molecule has 2 rings (SSSR count). The van der Waals surface area contributed by atoms with Gasteiger partial charge < -0.3 is 5.32 Å². The second kappa shape index (κ2) is 8.34. The van der Waals surface area contributed by atoms with Crippen molar-refractivity contribution < 1.29 is 0 Å². The molecule has 0 aliphatic carbocycles. The van der Waals surface area contributed by atoms with E-state index < -0.39 is 0 Å². The van der Waals surface area contributed by atoms with Crippen LogP contribution in [0.2, 0.25) is 10.0 Å². The van der Waals surface area contributed by atoms with Crippen LogP contribution in [0, 0.1) is 0 Å². The second-order valence-electron chi connectivity index (χ2n) is 5.46. The Morgan fingerprint density at radius 3 is 2.39 bits per heavy atom. The van der Waals surface area contributed by atoms with E-state index in [1.165, 1.54) is 5.56 Å². The fourth-order valence-electron chi connectivity index (χ4n) is 2.49. The minimum atomic E-state index is -0.0880. The van der Waals surface area contributed by atoms with Gasteiger partial charge in [-0.2, -0.15) is 0 Å². The average molecular weight is 350 g/mol. The number of aliphatic imine (C=N–C) groups is 1. The molecule has 0 radical (unpaired) electrons. The highest BCUT2D eigenvalue weighted by molar-refractivity contribution is 6.42. The van der Waals surface area contributed by atoms with Crippen molar-refractivity contribution in [1.29, 1.82) is 0 Å². The Kier molecular flexibility index (Phi) is 6.46. The molecule has 0 saturated heterocycles. The third kappa shape index (κ3) is 4.47. The number of hydrogen-bond donors (Lipinski definition) is 1. The van der Waals surface area contributed by atoms with Crippen LogP contribution in [0.3, 0.4) is 0 Å². The van der Waals surface area contributed by atoms with Crippen molar-refractivity contribution in [3.63, 3.8) is 0 Å². The zero-order valence-corrected chi connectivity index (χ0v) is 15.1. The van der Waals surface area contributed by atoms with Crippen LogP contribution in [0.15, 0.2) is 53.5 Å². The van der Waals surface area contributed by atoms with Crippen molar-refractivity contribution in [2.24, 2.45) is 4.99 Å². The molecule has 0 saturated carbocycles. The van der Waals surface area contributed by atoms with Crippen molar-refractivity contribution in [3.8, 4) is 0 Å². The van der Waals surface area contributed by atoms with Crippen LogP contribution in [0.25, 0.3) is 0 Å². The maximum absolute atomic E-state index is 6.41. The first-order valence-electron chi connectivity index (χ1n) is 7.39. The molecule has 0 spiro atoms. The highest BCUT2D eigenvalue weighted by Gasteiger charge is 2.23. The molecule has 3 nitrogen and oxygen atoms in total. The zero-order valence-electron chi connectivity index (χ0n) is 13.6. The topological polar surface area (TPSA) is 27.6 Å². The molecule has 2 aromatic rings.